The van der Waals surface area contributed by atoms with Crippen molar-refractivity contribution in [3.8, 4) is 11.3 Å². The lowest BCUT2D eigenvalue weighted by molar-refractivity contribution is -0.129. The van der Waals surface area contributed by atoms with E-state index < -0.39 is 12.1 Å². The molecule has 150 valence electrons. The van der Waals surface area contributed by atoms with Crippen LogP contribution >= 0.6 is 0 Å². The zero-order valence-electron chi connectivity index (χ0n) is 16.8. The number of aromatic nitrogens is 3. The summed E-state index contributed by atoms with van der Waals surface area (Å²) in [6.07, 6.45) is 2.72. The average molecular weight is 392 g/mol. The fourth-order valence-electron chi connectivity index (χ4n) is 3.15. The number of benzene rings is 1. The zero-order valence-corrected chi connectivity index (χ0v) is 16.8. The van der Waals surface area contributed by atoms with Crippen molar-refractivity contribution in [3.63, 3.8) is 0 Å². The third kappa shape index (κ3) is 3.99. The Balaban J connectivity index is 1.71. The highest BCUT2D eigenvalue weighted by atomic mass is 16.5. The molecule has 29 heavy (non-hydrogen) atoms. The molecule has 0 spiro atoms. The van der Waals surface area contributed by atoms with Gasteiger partial charge in [0.15, 0.2) is 11.8 Å². The van der Waals surface area contributed by atoms with E-state index in [1.165, 1.54) is 0 Å². The summed E-state index contributed by atoms with van der Waals surface area (Å²) in [6.45, 7) is 5.60. The third-order valence-corrected chi connectivity index (χ3v) is 4.92. The number of esters is 1. The molecule has 0 bridgehead atoms. The zero-order chi connectivity index (χ0) is 20.5. The van der Waals surface area contributed by atoms with Gasteiger partial charge in [0.25, 0.3) is 5.91 Å². The first-order chi connectivity index (χ1) is 13.9. The van der Waals surface area contributed by atoms with E-state index in [1.807, 2.05) is 44.2 Å². The maximum atomic E-state index is 13.0. The van der Waals surface area contributed by atoms with Crippen LogP contribution < -0.4 is 5.32 Å². The standard InChI is InChI=1S/C22H24N4O3/c1-13(2)26-20-18(12-23-26)17(11-19(25-20)15-7-5-4-6-8-15)22(28)29-14(3)21(27)24-16-9-10-16/h4-8,11-14,16H,9-10H2,1-3H3,(H,24,27). The molecule has 0 aliphatic heterocycles. The lowest BCUT2D eigenvalue weighted by Crippen LogP contribution is -2.37. The lowest BCUT2D eigenvalue weighted by Gasteiger charge is -2.14. The van der Waals surface area contributed by atoms with Gasteiger partial charge in [0.1, 0.15) is 0 Å². The van der Waals surface area contributed by atoms with Crippen molar-refractivity contribution in [3.05, 3.63) is 48.2 Å². The van der Waals surface area contributed by atoms with Gasteiger partial charge in [0.05, 0.1) is 22.8 Å². The van der Waals surface area contributed by atoms with Crippen molar-refractivity contribution in [1.82, 2.24) is 20.1 Å². The first-order valence-corrected chi connectivity index (χ1v) is 9.89. The van der Waals surface area contributed by atoms with Crippen LogP contribution in [0.2, 0.25) is 0 Å². The Morgan fingerprint density at radius 1 is 1.17 bits per heavy atom. The molecule has 1 unspecified atom stereocenters. The van der Waals surface area contributed by atoms with E-state index in [0.717, 1.165) is 18.4 Å². The summed E-state index contributed by atoms with van der Waals surface area (Å²) in [4.78, 5) is 29.9. The highest BCUT2D eigenvalue weighted by Crippen LogP contribution is 2.27. The number of amides is 1. The monoisotopic (exact) mass is 392 g/mol. The summed E-state index contributed by atoms with van der Waals surface area (Å²) in [5.74, 6) is -0.830. The van der Waals surface area contributed by atoms with Gasteiger partial charge in [-0.3, -0.25) is 4.79 Å². The van der Waals surface area contributed by atoms with Crippen molar-refractivity contribution < 1.29 is 14.3 Å². The lowest BCUT2D eigenvalue weighted by atomic mass is 10.1. The molecule has 0 radical (unpaired) electrons. The molecule has 3 aromatic rings. The molecule has 7 heteroatoms. The second-order valence-corrected chi connectivity index (χ2v) is 7.67. The summed E-state index contributed by atoms with van der Waals surface area (Å²) < 4.78 is 7.26. The molecular formula is C22H24N4O3. The maximum Gasteiger partial charge on any atom is 0.339 e. The second kappa shape index (κ2) is 7.66. The molecule has 7 nitrogen and oxygen atoms in total. The van der Waals surface area contributed by atoms with Crippen LogP contribution in [-0.2, 0) is 9.53 Å². The minimum absolute atomic E-state index is 0.0816. The largest absolute Gasteiger partial charge is 0.449 e. The molecule has 1 atom stereocenters. The van der Waals surface area contributed by atoms with Crippen LogP contribution in [0, 0.1) is 0 Å². The number of fused-ring (bicyclic) bond motifs is 1. The minimum atomic E-state index is -0.869. The maximum absolute atomic E-state index is 13.0. The van der Waals surface area contributed by atoms with Gasteiger partial charge in [0, 0.05) is 17.6 Å². The highest BCUT2D eigenvalue weighted by Gasteiger charge is 2.28. The van der Waals surface area contributed by atoms with Crippen molar-refractivity contribution in [2.24, 2.45) is 0 Å². The van der Waals surface area contributed by atoms with E-state index >= 15 is 0 Å². The Morgan fingerprint density at radius 2 is 1.90 bits per heavy atom. The van der Waals surface area contributed by atoms with Gasteiger partial charge >= 0.3 is 5.97 Å². The van der Waals surface area contributed by atoms with Crippen LogP contribution in [0.15, 0.2) is 42.6 Å². The van der Waals surface area contributed by atoms with Crippen LogP contribution in [0.4, 0.5) is 0 Å². The molecule has 1 saturated carbocycles. The number of nitrogens with zero attached hydrogens (tertiary/aromatic N) is 3. The Kier molecular flexibility index (Phi) is 5.05. The molecule has 1 aliphatic rings. The predicted octanol–water partition coefficient (Wildman–Crippen LogP) is 3.50. The minimum Gasteiger partial charge on any atom is -0.449 e. The van der Waals surface area contributed by atoms with Crippen LogP contribution in [0.5, 0.6) is 0 Å². The van der Waals surface area contributed by atoms with Crippen molar-refractivity contribution in [2.75, 3.05) is 0 Å². The van der Waals surface area contributed by atoms with Gasteiger partial charge in [-0.15, -0.1) is 0 Å². The van der Waals surface area contributed by atoms with Crippen molar-refractivity contribution in [1.29, 1.82) is 0 Å². The van der Waals surface area contributed by atoms with Gasteiger partial charge in [0.2, 0.25) is 0 Å². The van der Waals surface area contributed by atoms with Crippen molar-refractivity contribution in [2.45, 2.75) is 51.8 Å². The molecular weight excluding hydrogens is 368 g/mol. The fourth-order valence-corrected chi connectivity index (χ4v) is 3.15. The number of carbonyl (C=O) groups is 2. The van der Waals surface area contributed by atoms with Gasteiger partial charge in [-0.05, 0) is 39.7 Å². The molecule has 0 saturated heterocycles. The molecule has 1 aromatic carbocycles. The molecule has 2 aromatic heterocycles. The Hall–Kier alpha value is -3.22. The smallest absolute Gasteiger partial charge is 0.339 e. The Morgan fingerprint density at radius 3 is 2.55 bits per heavy atom. The normalized spacial score (nSPS) is 14.8. The Bertz CT molecular complexity index is 1050. The summed E-state index contributed by atoms with van der Waals surface area (Å²) in [5, 5.41) is 7.87. The van der Waals surface area contributed by atoms with E-state index in [2.05, 4.69) is 10.4 Å². The summed E-state index contributed by atoms with van der Waals surface area (Å²) in [7, 11) is 0. The molecule has 4 rings (SSSR count). The molecule has 1 aliphatic carbocycles. The molecule has 1 N–H and O–H groups in total. The molecule has 1 fully saturated rings. The third-order valence-electron chi connectivity index (χ3n) is 4.92. The predicted molar refractivity (Wildman–Crippen MR) is 109 cm³/mol. The molecule has 2 heterocycles. The topological polar surface area (TPSA) is 86.1 Å². The summed E-state index contributed by atoms with van der Waals surface area (Å²) in [5.41, 5.74) is 2.51. The summed E-state index contributed by atoms with van der Waals surface area (Å²) in [6, 6.07) is 11.6. The Labute approximate surface area is 169 Å². The summed E-state index contributed by atoms with van der Waals surface area (Å²) >= 11 is 0. The van der Waals surface area contributed by atoms with Crippen LogP contribution in [0.1, 0.15) is 50.0 Å². The number of hydrogen-bond donors (Lipinski definition) is 1. The molecule has 1 amide bonds. The van der Waals surface area contributed by atoms with E-state index in [9.17, 15) is 9.59 Å². The van der Waals surface area contributed by atoms with Gasteiger partial charge in [-0.1, -0.05) is 30.3 Å². The number of pyridine rings is 1. The second-order valence-electron chi connectivity index (χ2n) is 7.67. The number of nitrogens with one attached hydrogen (secondary N) is 1. The van der Waals surface area contributed by atoms with Gasteiger partial charge < -0.3 is 10.1 Å². The van der Waals surface area contributed by atoms with E-state index in [4.69, 9.17) is 9.72 Å². The number of rotatable bonds is 6. The average Bonchev–Trinajstić information content (AvgIpc) is 3.42. The van der Waals surface area contributed by atoms with Crippen LogP contribution in [0.25, 0.3) is 22.3 Å². The van der Waals surface area contributed by atoms with E-state index in [-0.39, 0.29) is 18.0 Å². The van der Waals surface area contributed by atoms with Gasteiger partial charge in [-0.2, -0.15) is 5.10 Å². The number of ether oxygens (including phenoxy) is 1. The number of carbonyl (C=O) groups excluding carboxylic acids is 2. The van der Waals surface area contributed by atoms with Crippen LogP contribution in [-0.4, -0.2) is 38.8 Å². The van der Waals surface area contributed by atoms with Crippen molar-refractivity contribution >= 4 is 22.9 Å². The first kappa shape index (κ1) is 19.1. The number of hydrogen-bond acceptors (Lipinski definition) is 5. The van der Waals surface area contributed by atoms with Crippen LogP contribution in [0.3, 0.4) is 0 Å². The quantitative estimate of drug-likeness (QED) is 0.649. The van der Waals surface area contributed by atoms with E-state index in [0.29, 0.717) is 22.3 Å². The first-order valence-electron chi connectivity index (χ1n) is 9.89. The highest BCUT2D eigenvalue weighted by molar-refractivity contribution is 6.04. The fraction of sp³-hybridized carbons (Fsp3) is 0.364. The SMILES string of the molecule is CC(OC(=O)c1cc(-c2ccccc2)nc2c1cnn2C(C)C)C(=O)NC1CC1. The van der Waals surface area contributed by atoms with E-state index in [1.54, 1.807) is 23.9 Å². The van der Waals surface area contributed by atoms with Gasteiger partial charge in [-0.25, -0.2) is 14.5 Å².